The fourth-order valence-electron chi connectivity index (χ4n) is 1.67. The van der Waals surface area contributed by atoms with E-state index in [1.807, 2.05) is 38.2 Å². The van der Waals surface area contributed by atoms with Crippen LogP contribution in [-0.2, 0) is 6.54 Å². The van der Waals surface area contributed by atoms with Gasteiger partial charge in [-0.25, -0.2) is 4.98 Å². The van der Waals surface area contributed by atoms with Crippen molar-refractivity contribution in [1.29, 1.82) is 0 Å². The van der Waals surface area contributed by atoms with E-state index in [0.717, 1.165) is 25.8 Å². The van der Waals surface area contributed by atoms with Crippen molar-refractivity contribution in [1.82, 2.24) is 10.3 Å². The molecule has 0 aliphatic carbocycles. The second-order valence-corrected chi connectivity index (χ2v) is 5.99. The van der Waals surface area contributed by atoms with Crippen LogP contribution in [0, 0.1) is 6.92 Å². The monoisotopic (exact) mass is 384 g/mol. The molecule has 1 aromatic carbocycles. The minimum atomic E-state index is 0.624. The lowest BCUT2D eigenvalue weighted by atomic mass is 10.2. The first kappa shape index (κ1) is 14.5. The summed E-state index contributed by atoms with van der Waals surface area (Å²) in [5.41, 5.74) is 2.08. The molecular weight excluding hydrogens is 372 g/mol. The molecule has 0 bridgehead atoms. The molecule has 19 heavy (non-hydrogen) atoms. The number of aryl methyl sites for hydroxylation is 1. The topological polar surface area (TPSA) is 34.2 Å². The van der Waals surface area contributed by atoms with Crippen molar-refractivity contribution in [2.75, 3.05) is 7.05 Å². The van der Waals surface area contributed by atoms with Gasteiger partial charge in [0.15, 0.2) is 0 Å². The highest BCUT2D eigenvalue weighted by molar-refractivity contribution is 9.10. The van der Waals surface area contributed by atoms with Crippen molar-refractivity contribution in [3.8, 4) is 11.6 Å². The molecule has 0 fully saturated rings. The fraction of sp³-hybridized carbons (Fsp3) is 0.214. The molecule has 0 spiro atoms. The predicted molar refractivity (Wildman–Crippen MR) is 83.7 cm³/mol. The Bertz CT molecular complexity index is 588. The third-order valence-electron chi connectivity index (χ3n) is 2.62. The largest absolute Gasteiger partial charge is 0.438 e. The highest BCUT2D eigenvalue weighted by atomic mass is 79.9. The summed E-state index contributed by atoms with van der Waals surface area (Å²) in [5, 5.41) is 3.11. The highest BCUT2D eigenvalue weighted by Gasteiger charge is 2.09. The number of ether oxygens (including phenoxy) is 1. The Balaban J connectivity index is 2.34. The second-order valence-electron chi connectivity index (χ2n) is 4.16. The molecule has 2 aromatic rings. The fourth-order valence-corrected chi connectivity index (χ4v) is 2.38. The van der Waals surface area contributed by atoms with Crippen LogP contribution >= 0.6 is 31.9 Å². The molecule has 1 heterocycles. The number of rotatable bonds is 4. The molecule has 0 atom stereocenters. The normalized spacial score (nSPS) is 10.5. The summed E-state index contributed by atoms with van der Waals surface area (Å²) in [5.74, 6) is 1.43. The summed E-state index contributed by atoms with van der Waals surface area (Å²) in [7, 11) is 1.90. The molecule has 1 aromatic heterocycles. The minimum Gasteiger partial charge on any atom is -0.438 e. The summed E-state index contributed by atoms with van der Waals surface area (Å²) in [6, 6.07) is 7.95. The molecule has 0 unspecified atom stereocenters. The van der Waals surface area contributed by atoms with Crippen LogP contribution in [-0.4, -0.2) is 12.0 Å². The number of halogens is 2. The van der Waals surface area contributed by atoms with E-state index in [1.54, 1.807) is 6.20 Å². The first-order chi connectivity index (χ1) is 9.10. The average Bonchev–Trinajstić information content (AvgIpc) is 2.37. The maximum Gasteiger partial charge on any atom is 0.223 e. The standard InChI is InChI=1S/C14H14Br2N2O/c1-9-3-4-11(15)6-13(9)19-14-10(7-17-2)5-12(16)8-18-14/h3-6,8,17H,7H2,1-2H3. The maximum absolute atomic E-state index is 5.93. The molecule has 0 radical (unpaired) electrons. The Morgan fingerprint density at radius 1 is 1.21 bits per heavy atom. The van der Waals surface area contributed by atoms with Gasteiger partial charge in [0.05, 0.1) is 0 Å². The molecule has 5 heteroatoms. The molecule has 1 N–H and O–H groups in total. The van der Waals surface area contributed by atoms with Gasteiger partial charge in [0.2, 0.25) is 5.88 Å². The van der Waals surface area contributed by atoms with Gasteiger partial charge < -0.3 is 10.1 Å². The predicted octanol–water partition coefficient (Wildman–Crippen LogP) is 4.43. The summed E-state index contributed by atoms with van der Waals surface area (Å²) in [4.78, 5) is 4.34. The first-order valence-electron chi connectivity index (χ1n) is 5.83. The molecule has 3 nitrogen and oxygen atoms in total. The Hall–Kier alpha value is -0.910. The van der Waals surface area contributed by atoms with Crippen molar-refractivity contribution in [3.63, 3.8) is 0 Å². The van der Waals surface area contributed by atoms with Crippen molar-refractivity contribution < 1.29 is 4.74 Å². The van der Waals surface area contributed by atoms with Gasteiger partial charge in [-0.1, -0.05) is 22.0 Å². The number of hydrogen-bond donors (Lipinski definition) is 1. The van der Waals surface area contributed by atoms with E-state index in [-0.39, 0.29) is 0 Å². The first-order valence-corrected chi connectivity index (χ1v) is 7.42. The lowest BCUT2D eigenvalue weighted by molar-refractivity contribution is 0.450. The molecule has 0 saturated heterocycles. The summed E-state index contributed by atoms with van der Waals surface area (Å²) >= 11 is 6.87. The van der Waals surface area contributed by atoms with Gasteiger partial charge >= 0.3 is 0 Å². The van der Waals surface area contributed by atoms with Gasteiger partial charge in [-0.15, -0.1) is 0 Å². The van der Waals surface area contributed by atoms with E-state index in [1.165, 1.54) is 0 Å². The van der Waals surface area contributed by atoms with E-state index in [2.05, 4.69) is 42.2 Å². The van der Waals surface area contributed by atoms with Crippen LogP contribution in [0.3, 0.4) is 0 Å². The zero-order chi connectivity index (χ0) is 13.8. The number of nitrogens with zero attached hydrogens (tertiary/aromatic N) is 1. The SMILES string of the molecule is CNCc1cc(Br)cnc1Oc1cc(Br)ccc1C. The number of aromatic nitrogens is 1. The van der Waals surface area contributed by atoms with E-state index < -0.39 is 0 Å². The second kappa shape index (κ2) is 6.50. The smallest absolute Gasteiger partial charge is 0.223 e. The molecule has 0 aliphatic rings. The highest BCUT2D eigenvalue weighted by Crippen LogP contribution is 2.29. The molecule has 0 amide bonds. The van der Waals surface area contributed by atoms with Crippen LogP contribution in [0.5, 0.6) is 11.6 Å². The number of nitrogens with one attached hydrogen (secondary N) is 1. The van der Waals surface area contributed by atoms with Crippen LogP contribution in [0.2, 0.25) is 0 Å². The van der Waals surface area contributed by atoms with Gasteiger partial charge in [0.1, 0.15) is 5.75 Å². The Morgan fingerprint density at radius 3 is 2.74 bits per heavy atom. The van der Waals surface area contributed by atoms with Crippen molar-refractivity contribution in [2.24, 2.45) is 0 Å². The van der Waals surface area contributed by atoms with Crippen molar-refractivity contribution in [3.05, 3.63) is 50.5 Å². The van der Waals surface area contributed by atoms with E-state index in [0.29, 0.717) is 12.4 Å². The summed E-state index contributed by atoms with van der Waals surface area (Å²) < 4.78 is 7.85. The Morgan fingerprint density at radius 2 is 2.00 bits per heavy atom. The lowest BCUT2D eigenvalue weighted by Gasteiger charge is -2.12. The number of benzene rings is 1. The van der Waals surface area contributed by atoms with Gasteiger partial charge in [-0.2, -0.15) is 0 Å². The third kappa shape index (κ3) is 3.78. The average molecular weight is 386 g/mol. The van der Waals surface area contributed by atoms with Crippen LogP contribution < -0.4 is 10.1 Å². The van der Waals surface area contributed by atoms with Crippen LogP contribution in [0.25, 0.3) is 0 Å². The van der Waals surface area contributed by atoms with Crippen LogP contribution in [0.4, 0.5) is 0 Å². The van der Waals surface area contributed by atoms with E-state index >= 15 is 0 Å². The lowest BCUT2D eigenvalue weighted by Crippen LogP contribution is -2.07. The molecule has 100 valence electrons. The molecule has 0 saturated carbocycles. The van der Waals surface area contributed by atoms with Crippen molar-refractivity contribution >= 4 is 31.9 Å². The van der Waals surface area contributed by atoms with E-state index in [4.69, 9.17) is 4.74 Å². The quantitative estimate of drug-likeness (QED) is 0.845. The van der Waals surface area contributed by atoms with Gasteiger partial charge in [-0.3, -0.25) is 0 Å². The number of hydrogen-bond acceptors (Lipinski definition) is 3. The zero-order valence-corrected chi connectivity index (χ0v) is 13.9. The third-order valence-corrected chi connectivity index (χ3v) is 3.54. The minimum absolute atomic E-state index is 0.624. The summed E-state index contributed by atoms with van der Waals surface area (Å²) in [6.07, 6.45) is 1.74. The Kier molecular flexibility index (Phi) is 4.96. The number of pyridine rings is 1. The summed E-state index contributed by atoms with van der Waals surface area (Å²) in [6.45, 7) is 2.72. The van der Waals surface area contributed by atoms with Crippen molar-refractivity contribution in [2.45, 2.75) is 13.5 Å². The molecule has 2 rings (SSSR count). The Labute approximate surface area is 129 Å². The molecule has 0 aliphatic heterocycles. The van der Waals surface area contributed by atoms with Crippen LogP contribution in [0.15, 0.2) is 39.4 Å². The van der Waals surface area contributed by atoms with E-state index in [9.17, 15) is 0 Å². The van der Waals surface area contributed by atoms with Gasteiger partial charge in [0.25, 0.3) is 0 Å². The van der Waals surface area contributed by atoms with Crippen LogP contribution in [0.1, 0.15) is 11.1 Å². The van der Waals surface area contributed by atoms with Gasteiger partial charge in [0, 0.05) is 27.3 Å². The maximum atomic E-state index is 5.93. The zero-order valence-electron chi connectivity index (χ0n) is 10.7. The molecular formula is C14H14Br2N2O. The van der Waals surface area contributed by atoms with Gasteiger partial charge in [-0.05, 0) is 53.7 Å².